The highest BCUT2D eigenvalue weighted by Crippen LogP contribution is 2.31. The van der Waals surface area contributed by atoms with E-state index >= 15 is 0 Å². The third-order valence-corrected chi connectivity index (χ3v) is 3.73. The number of rotatable bonds is 5. The van der Waals surface area contributed by atoms with Crippen LogP contribution in [-0.4, -0.2) is 10.7 Å². The maximum Gasteiger partial charge on any atom is 0.293 e. The molecule has 0 heterocycles. The Kier molecular flexibility index (Phi) is 4.95. The topological polar surface area (TPSA) is 72.2 Å². The van der Waals surface area contributed by atoms with Gasteiger partial charge < -0.3 is 5.32 Å². The molecule has 120 valence electrons. The Bertz CT molecular complexity index is 780. The average molecular weight is 337 g/mol. The van der Waals surface area contributed by atoms with Crippen LogP contribution in [0, 0.1) is 15.9 Å². The molecule has 0 aliphatic heterocycles. The van der Waals surface area contributed by atoms with Gasteiger partial charge in [-0.25, -0.2) is 4.39 Å². The fourth-order valence-electron chi connectivity index (χ4n) is 2.19. The van der Waals surface area contributed by atoms with Crippen LogP contribution in [0.5, 0.6) is 0 Å². The minimum absolute atomic E-state index is 0.206. The summed E-state index contributed by atoms with van der Waals surface area (Å²) in [5.74, 6) is -0.711. The Labute approximate surface area is 137 Å². The third kappa shape index (κ3) is 3.84. The first-order valence-electron chi connectivity index (χ1n) is 6.80. The van der Waals surface area contributed by atoms with Crippen LogP contribution in [0.2, 0.25) is 5.02 Å². The lowest BCUT2D eigenvalue weighted by molar-refractivity contribution is -0.384. The van der Waals surface area contributed by atoms with E-state index in [9.17, 15) is 19.3 Å². The van der Waals surface area contributed by atoms with Crippen molar-refractivity contribution >= 4 is 28.8 Å². The number of ketones is 1. The number of Topliss-reactive ketones (excluding diaryl/α,β-unsaturated/α-hetero) is 1. The van der Waals surface area contributed by atoms with E-state index in [1.54, 1.807) is 6.92 Å². The normalized spacial score (nSPS) is 11.8. The SMILES string of the molecule is CC(=O)c1ccc(NC(C)c2ccc(F)cc2Cl)c([N+](=O)[O-])c1. The molecule has 2 aromatic carbocycles. The molecule has 0 aliphatic rings. The van der Waals surface area contributed by atoms with Gasteiger partial charge in [0.05, 0.1) is 11.0 Å². The largest absolute Gasteiger partial charge is 0.373 e. The second-order valence-electron chi connectivity index (χ2n) is 5.08. The minimum atomic E-state index is -0.562. The second kappa shape index (κ2) is 6.75. The summed E-state index contributed by atoms with van der Waals surface area (Å²) in [7, 11) is 0. The number of nitrogens with one attached hydrogen (secondary N) is 1. The number of hydrogen-bond acceptors (Lipinski definition) is 4. The summed E-state index contributed by atoms with van der Waals surface area (Å²) < 4.78 is 13.1. The van der Waals surface area contributed by atoms with Gasteiger partial charge in [-0.2, -0.15) is 0 Å². The smallest absolute Gasteiger partial charge is 0.293 e. The van der Waals surface area contributed by atoms with E-state index in [1.807, 2.05) is 0 Å². The van der Waals surface area contributed by atoms with Crippen LogP contribution in [0.25, 0.3) is 0 Å². The fraction of sp³-hybridized carbons (Fsp3) is 0.188. The zero-order chi connectivity index (χ0) is 17.1. The van der Waals surface area contributed by atoms with Crippen molar-refractivity contribution in [3.63, 3.8) is 0 Å². The molecule has 0 fully saturated rings. The van der Waals surface area contributed by atoms with Crippen LogP contribution < -0.4 is 5.32 Å². The molecule has 0 saturated carbocycles. The van der Waals surface area contributed by atoms with Crippen molar-refractivity contribution in [1.29, 1.82) is 0 Å². The summed E-state index contributed by atoms with van der Waals surface area (Å²) >= 11 is 6.00. The number of carbonyl (C=O) groups excluding carboxylic acids is 1. The van der Waals surface area contributed by atoms with Crippen LogP contribution in [-0.2, 0) is 0 Å². The molecule has 0 bridgehead atoms. The highest BCUT2D eigenvalue weighted by molar-refractivity contribution is 6.31. The van der Waals surface area contributed by atoms with E-state index < -0.39 is 10.7 Å². The molecular formula is C16H14ClFN2O3. The van der Waals surface area contributed by atoms with Crippen LogP contribution in [0.4, 0.5) is 15.8 Å². The molecule has 0 saturated heterocycles. The monoisotopic (exact) mass is 336 g/mol. The summed E-state index contributed by atoms with van der Waals surface area (Å²) in [5.41, 5.74) is 0.920. The summed E-state index contributed by atoms with van der Waals surface area (Å²) in [6, 6.07) is 7.80. The van der Waals surface area contributed by atoms with Gasteiger partial charge in [0, 0.05) is 16.7 Å². The van der Waals surface area contributed by atoms with Gasteiger partial charge >= 0.3 is 0 Å². The molecule has 1 unspecified atom stereocenters. The van der Waals surface area contributed by atoms with E-state index in [1.165, 1.54) is 43.3 Å². The number of nitro benzene ring substituents is 1. The van der Waals surface area contributed by atoms with Crippen molar-refractivity contribution in [2.45, 2.75) is 19.9 Å². The summed E-state index contributed by atoms with van der Waals surface area (Å²) in [6.45, 7) is 3.09. The van der Waals surface area contributed by atoms with Crippen molar-refractivity contribution in [3.05, 3.63) is 68.5 Å². The van der Waals surface area contributed by atoms with Crippen molar-refractivity contribution in [1.82, 2.24) is 0 Å². The fourth-order valence-corrected chi connectivity index (χ4v) is 2.52. The number of hydrogen-bond donors (Lipinski definition) is 1. The zero-order valence-electron chi connectivity index (χ0n) is 12.5. The van der Waals surface area contributed by atoms with Gasteiger partial charge in [-0.05, 0) is 43.7 Å². The van der Waals surface area contributed by atoms with E-state index in [2.05, 4.69) is 5.32 Å². The lowest BCUT2D eigenvalue weighted by Gasteiger charge is -2.17. The summed E-state index contributed by atoms with van der Waals surface area (Å²) in [5, 5.41) is 14.4. The van der Waals surface area contributed by atoms with Gasteiger partial charge in [0.2, 0.25) is 0 Å². The third-order valence-electron chi connectivity index (χ3n) is 3.40. The molecule has 1 N–H and O–H groups in total. The van der Waals surface area contributed by atoms with E-state index in [0.29, 0.717) is 5.56 Å². The molecule has 1 atom stereocenters. The lowest BCUT2D eigenvalue weighted by Crippen LogP contribution is -2.09. The number of halogens is 2. The molecule has 7 heteroatoms. The average Bonchev–Trinajstić information content (AvgIpc) is 2.46. The van der Waals surface area contributed by atoms with Crippen LogP contribution in [0.1, 0.15) is 35.8 Å². The number of nitrogens with zero attached hydrogens (tertiary/aromatic N) is 1. The van der Waals surface area contributed by atoms with E-state index in [0.717, 1.165) is 0 Å². The predicted molar refractivity (Wildman–Crippen MR) is 86.5 cm³/mol. The maximum absolute atomic E-state index is 13.1. The summed E-state index contributed by atoms with van der Waals surface area (Å²) in [6.07, 6.45) is 0. The molecular weight excluding hydrogens is 323 g/mol. The highest BCUT2D eigenvalue weighted by atomic mass is 35.5. The van der Waals surface area contributed by atoms with E-state index in [4.69, 9.17) is 11.6 Å². The molecule has 0 aliphatic carbocycles. The van der Waals surface area contributed by atoms with Gasteiger partial charge in [0.1, 0.15) is 11.5 Å². The van der Waals surface area contributed by atoms with Gasteiger partial charge in [-0.3, -0.25) is 14.9 Å². The first kappa shape index (κ1) is 16.9. The predicted octanol–water partition coefficient (Wildman–Crippen LogP) is 4.76. The minimum Gasteiger partial charge on any atom is -0.373 e. The Morgan fingerprint density at radius 2 is 2.00 bits per heavy atom. The van der Waals surface area contributed by atoms with Crippen LogP contribution in [0.15, 0.2) is 36.4 Å². The Balaban J connectivity index is 2.35. The lowest BCUT2D eigenvalue weighted by atomic mass is 10.1. The number of nitro groups is 1. The molecule has 2 rings (SSSR count). The first-order chi connectivity index (χ1) is 10.8. The molecule has 0 aromatic heterocycles. The number of anilines is 1. The quantitative estimate of drug-likeness (QED) is 0.485. The molecule has 2 aromatic rings. The van der Waals surface area contributed by atoms with Crippen molar-refractivity contribution in [3.8, 4) is 0 Å². The number of benzene rings is 2. The van der Waals surface area contributed by atoms with Crippen LogP contribution in [0.3, 0.4) is 0 Å². The van der Waals surface area contributed by atoms with E-state index in [-0.39, 0.29) is 33.8 Å². The van der Waals surface area contributed by atoms with Crippen molar-refractivity contribution in [2.24, 2.45) is 0 Å². The van der Waals surface area contributed by atoms with Crippen LogP contribution >= 0.6 is 11.6 Å². The molecule has 0 amide bonds. The standard InChI is InChI=1S/C16H14ClFN2O3/c1-9(13-5-4-12(18)8-14(13)17)19-15-6-3-11(10(2)21)7-16(15)20(22)23/h3-9,19H,1-2H3. The Morgan fingerprint density at radius 1 is 1.30 bits per heavy atom. The highest BCUT2D eigenvalue weighted by Gasteiger charge is 2.19. The number of carbonyl (C=O) groups is 1. The summed E-state index contributed by atoms with van der Waals surface area (Å²) in [4.78, 5) is 22.0. The molecule has 23 heavy (non-hydrogen) atoms. The Hall–Kier alpha value is -2.47. The molecule has 5 nitrogen and oxygen atoms in total. The molecule has 0 radical (unpaired) electrons. The van der Waals surface area contributed by atoms with Gasteiger partial charge in [0.25, 0.3) is 5.69 Å². The van der Waals surface area contributed by atoms with Crippen molar-refractivity contribution in [2.75, 3.05) is 5.32 Å². The first-order valence-corrected chi connectivity index (χ1v) is 7.18. The second-order valence-corrected chi connectivity index (χ2v) is 5.48. The van der Waals surface area contributed by atoms with Gasteiger partial charge in [-0.1, -0.05) is 17.7 Å². The maximum atomic E-state index is 13.1. The molecule has 0 spiro atoms. The Morgan fingerprint density at radius 3 is 2.57 bits per heavy atom. The van der Waals surface area contributed by atoms with Gasteiger partial charge in [-0.15, -0.1) is 0 Å². The van der Waals surface area contributed by atoms with Gasteiger partial charge in [0.15, 0.2) is 5.78 Å². The zero-order valence-corrected chi connectivity index (χ0v) is 13.2. The van der Waals surface area contributed by atoms with Crippen molar-refractivity contribution < 1.29 is 14.1 Å².